The Kier molecular flexibility index (Phi) is 4.07. The van der Waals surface area contributed by atoms with Crippen molar-refractivity contribution in [2.45, 2.75) is 33.2 Å². The molecule has 5 nitrogen and oxygen atoms in total. The van der Waals surface area contributed by atoms with Crippen LogP contribution in [-0.4, -0.2) is 27.6 Å². The van der Waals surface area contributed by atoms with Crippen LogP contribution in [0.15, 0.2) is 47.5 Å². The fraction of sp³-hybridized carbons (Fsp3) is 0.286. The van der Waals surface area contributed by atoms with Crippen LogP contribution < -0.4 is 4.74 Å². The summed E-state index contributed by atoms with van der Waals surface area (Å²) in [6.45, 7) is 6.87. The molecule has 0 atom stereocenters. The van der Waals surface area contributed by atoms with E-state index in [4.69, 9.17) is 9.73 Å². The normalized spacial score (nSPS) is 13.0. The Morgan fingerprint density at radius 2 is 1.81 bits per heavy atom. The third-order valence-electron chi connectivity index (χ3n) is 4.82. The molecule has 0 N–H and O–H groups in total. The van der Waals surface area contributed by atoms with E-state index >= 15 is 0 Å². The number of nitrogens with zero attached hydrogens (tertiary/aromatic N) is 4. The van der Waals surface area contributed by atoms with Crippen molar-refractivity contribution in [3.05, 3.63) is 70.8 Å². The van der Waals surface area contributed by atoms with E-state index in [9.17, 15) is 0 Å². The van der Waals surface area contributed by atoms with Gasteiger partial charge in [0.15, 0.2) is 5.82 Å². The second-order valence-corrected chi connectivity index (χ2v) is 6.82. The lowest BCUT2D eigenvalue weighted by Gasteiger charge is -2.14. The lowest BCUT2D eigenvalue weighted by Crippen LogP contribution is -2.09. The number of hydrogen-bond acceptors (Lipinski definition) is 4. The van der Waals surface area contributed by atoms with E-state index < -0.39 is 0 Å². The molecule has 26 heavy (non-hydrogen) atoms. The van der Waals surface area contributed by atoms with E-state index in [1.807, 2.05) is 19.1 Å². The van der Waals surface area contributed by atoms with Crippen LogP contribution in [0.1, 0.15) is 48.1 Å². The van der Waals surface area contributed by atoms with Crippen LogP contribution in [0.4, 0.5) is 0 Å². The van der Waals surface area contributed by atoms with Crippen LogP contribution in [0.2, 0.25) is 0 Å². The van der Waals surface area contributed by atoms with Gasteiger partial charge in [-0.1, -0.05) is 38.1 Å². The maximum Gasteiger partial charge on any atom is 0.159 e. The van der Waals surface area contributed by atoms with Crippen molar-refractivity contribution in [2.75, 3.05) is 7.11 Å². The highest BCUT2D eigenvalue weighted by molar-refractivity contribution is 6.15. The number of aromatic nitrogens is 3. The number of benzene rings is 2. The van der Waals surface area contributed by atoms with E-state index in [1.54, 1.807) is 7.11 Å². The minimum absolute atomic E-state index is 0.499. The van der Waals surface area contributed by atoms with Crippen molar-refractivity contribution in [3.63, 3.8) is 0 Å². The van der Waals surface area contributed by atoms with E-state index in [0.29, 0.717) is 12.5 Å². The highest BCUT2D eigenvalue weighted by atomic mass is 16.5. The van der Waals surface area contributed by atoms with E-state index in [0.717, 1.165) is 39.9 Å². The molecule has 1 aliphatic heterocycles. The Labute approximate surface area is 153 Å². The number of methoxy groups -OCH3 is 1. The smallest absolute Gasteiger partial charge is 0.159 e. The van der Waals surface area contributed by atoms with Gasteiger partial charge in [-0.2, -0.15) is 0 Å². The molecule has 0 saturated carbocycles. The zero-order valence-corrected chi connectivity index (χ0v) is 15.5. The molecule has 0 saturated heterocycles. The molecule has 4 rings (SSSR count). The zero-order valence-electron chi connectivity index (χ0n) is 15.5. The van der Waals surface area contributed by atoms with Gasteiger partial charge < -0.3 is 4.74 Å². The molecule has 0 aliphatic carbocycles. The molecule has 0 bridgehead atoms. The number of ether oxygens (including phenoxy) is 1. The average molecular weight is 346 g/mol. The number of rotatable bonds is 3. The van der Waals surface area contributed by atoms with Gasteiger partial charge in [-0.15, -0.1) is 10.2 Å². The Hall–Kier alpha value is -2.95. The minimum atomic E-state index is 0.499. The Morgan fingerprint density at radius 3 is 2.50 bits per heavy atom. The van der Waals surface area contributed by atoms with Gasteiger partial charge in [-0.05, 0) is 36.6 Å². The number of aliphatic imine (C=N–C) groups is 1. The molecule has 1 aliphatic rings. The molecule has 2 aromatic carbocycles. The summed E-state index contributed by atoms with van der Waals surface area (Å²) >= 11 is 0. The third kappa shape index (κ3) is 2.69. The van der Waals surface area contributed by atoms with Crippen LogP contribution in [0, 0.1) is 6.92 Å². The molecule has 0 amide bonds. The molecular weight excluding hydrogens is 324 g/mol. The van der Waals surface area contributed by atoms with Gasteiger partial charge >= 0.3 is 0 Å². The van der Waals surface area contributed by atoms with Crippen molar-refractivity contribution >= 4 is 5.71 Å². The maximum absolute atomic E-state index is 5.46. The van der Waals surface area contributed by atoms with Gasteiger partial charge in [0, 0.05) is 11.1 Å². The monoisotopic (exact) mass is 346 g/mol. The fourth-order valence-corrected chi connectivity index (χ4v) is 3.36. The van der Waals surface area contributed by atoms with E-state index in [-0.39, 0.29) is 0 Å². The second-order valence-electron chi connectivity index (χ2n) is 6.82. The van der Waals surface area contributed by atoms with Gasteiger partial charge in [0.1, 0.15) is 18.1 Å². The van der Waals surface area contributed by atoms with Crippen molar-refractivity contribution in [1.29, 1.82) is 0 Å². The molecule has 132 valence electrons. The van der Waals surface area contributed by atoms with Gasteiger partial charge in [-0.25, -0.2) is 0 Å². The molecular formula is C21H22N4O. The van der Waals surface area contributed by atoms with Crippen molar-refractivity contribution < 1.29 is 4.74 Å². The molecule has 0 spiro atoms. The summed E-state index contributed by atoms with van der Waals surface area (Å²) in [7, 11) is 1.68. The lowest BCUT2D eigenvalue weighted by molar-refractivity contribution is 0.414. The first-order valence-electron chi connectivity index (χ1n) is 8.83. The van der Waals surface area contributed by atoms with Crippen LogP contribution in [0.3, 0.4) is 0 Å². The summed E-state index contributed by atoms with van der Waals surface area (Å²) in [6, 6.07) is 14.7. The summed E-state index contributed by atoms with van der Waals surface area (Å²) in [4.78, 5) is 4.88. The lowest BCUT2D eigenvalue weighted by atomic mass is 9.96. The molecule has 1 aromatic heterocycles. The Bertz CT molecular complexity index is 984. The largest absolute Gasteiger partial charge is 0.497 e. The summed E-state index contributed by atoms with van der Waals surface area (Å²) in [6.07, 6.45) is 0. The van der Waals surface area contributed by atoms with Crippen LogP contribution in [0.5, 0.6) is 5.75 Å². The highest BCUT2D eigenvalue weighted by Crippen LogP contribution is 2.29. The van der Waals surface area contributed by atoms with Crippen molar-refractivity contribution in [3.8, 4) is 11.4 Å². The van der Waals surface area contributed by atoms with Crippen LogP contribution >= 0.6 is 0 Å². The van der Waals surface area contributed by atoms with Gasteiger partial charge in [0.25, 0.3) is 0 Å². The first kappa shape index (κ1) is 16.5. The molecule has 2 heterocycles. The number of hydrogen-bond donors (Lipinski definition) is 0. The van der Waals surface area contributed by atoms with Crippen LogP contribution in [0.25, 0.3) is 5.69 Å². The van der Waals surface area contributed by atoms with E-state index in [1.165, 1.54) is 5.56 Å². The quantitative estimate of drug-likeness (QED) is 0.719. The molecule has 0 unspecified atom stereocenters. The van der Waals surface area contributed by atoms with Crippen molar-refractivity contribution in [1.82, 2.24) is 14.8 Å². The topological polar surface area (TPSA) is 52.3 Å². The molecule has 3 aromatic rings. The average Bonchev–Trinajstić information content (AvgIpc) is 2.94. The predicted octanol–water partition coefficient (Wildman–Crippen LogP) is 4.06. The third-order valence-corrected chi connectivity index (χ3v) is 4.82. The van der Waals surface area contributed by atoms with Gasteiger partial charge in [-0.3, -0.25) is 9.56 Å². The Morgan fingerprint density at radius 1 is 1.04 bits per heavy atom. The summed E-state index contributed by atoms with van der Waals surface area (Å²) in [5.41, 5.74) is 5.44. The highest BCUT2D eigenvalue weighted by Gasteiger charge is 2.22. The summed E-state index contributed by atoms with van der Waals surface area (Å²) in [5.74, 6) is 3.02. The van der Waals surface area contributed by atoms with Gasteiger partial charge in [0.05, 0.1) is 18.5 Å². The first-order chi connectivity index (χ1) is 12.6. The minimum Gasteiger partial charge on any atom is -0.497 e. The maximum atomic E-state index is 5.46. The Balaban J connectivity index is 1.90. The number of aryl methyl sites for hydroxylation is 1. The number of fused-ring (bicyclic) bond motifs is 3. The van der Waals surface area contributed by atoms with E-state index in [2.05, 4.69) is 58.9 Å². The molecule has 0 fully saturated rings. The standard InChI is InChI=1S/C21H22N4O/c1-13(2)15-5-7-16(8-6-15)21-18-11-17(26-4)9-10-19(18)25-14(3)23-24-20(25)12-22-21/h5-11,13H,12H2,1-4H3. The molecule has 5 heteroatoms. The second kappa shape index (κ2) is 6.41. The van der Waals surface area contributed by atoms with Crippen LogP contribution in [-0.2, 0) is 6.54 Å². The van der Waals surface area contributed by atoms with Gasteiger partial charge in [0.2, 0.25) is 0 Å². The fourth-order valence-electron chi connectivity index (χ4n) is 3.36. The molecule has 0 radical (unpaired) electrons. The first-order valence-corrected chi connectivity index (χ1v) is 8.83. The predicted molar refractivity (Wildman–Crippen MR) is 103 cm³/mol. The summed E-state index contributed by atoms with van der Waals surface area (Å²) < 4.78 is 7.54. The summed E-state index contributed by atoms with van der Waals surface area (Å²) in [5, 5.41) is 8.52. The van der Waals surface area contributed by atoms with Crippen molar-refractivity contribution in [2.24, 2.45) is 4.99 Å². The SMILES string of the molecule is COc1ccc2c(c1)C(c1ccc(C(C)C)cc1)=NCc1nnc(C)n1-2. The zero-order chi connectivity index (χ0) is 18.3.